The largest absolute Gasteiger partial charge is 0.312 e. The van der Waals surface area contributed by atoms with Crippen LogP contribution in [0.3, 0.4) is 0 Å². The van der Waals surface area contributed by atoms with E-state index >= 15 is 0 Å². The van der Waals surface area contributed by atoms with Crippen LogP contribution in [0, 0.1) is 0 Å². The smallest absolute Gasteiger partial charge is 0.0931 e. The quantitative estimate of drug-likeness (QED) is 0.898. The van der Waals surface area contributed by atoms with E-state index in [1.54, 1.807) is 11.3 Å². The van der Waals surface area contributed by atoms with Crippen molar-refractivity contribution < 1.29 is 0 Å². The number of rotatable bonds is 5. The standard InChI is InChI=1S/C12H19ClN2S2/c1-15(8-11-2-3-12(13)17-11)6-4-10-9-16-7-5-14-10/h2-3,10,14H,4-9H2,1H3. The molecule has 0 spiro atoms. The second-order valence-electron chi connectivity index (χ2n) is 4.46. The maximum absolute atomic E-state index is 5.93. The maximum Gasteiger partial charge on any atom is 0.0931 e. The second-order valence-corrected chi connectivity index (χ2v) is 7.41. The van der Waals surface area contributed by atoms with Crippen LogP contribution in [0.5, 0.6) is 0 Å². The minimum Gasteiger partial charge on any atom is -0.312 e. The molecule has 1 N–H and O–H groups in total. The molecule has 1 unspecified atom stereocenters. The van der Waals surface area contributed by atoms with Crippen LogP contribution >= 0.6 is 34.7 Å². The van der Waals surface area contributed by atoms with Gasteiger partial charge in [0.15, 0.2) is 0 Å². The van der Waals surface area contributed by atoms with E-state index in [1.165, 1.54) is 29.3 Å². The van der Waals surface area contributed by atoms with Crippen molar-refractivity contribution >= 4 is 34.7 Å². The highest BCUT2D eigenvalue weighted by Gasteiger charge is 2.13. The summed E-state index contributed by atoms with van der Waals surface area (Å²) in [5.74, 6) is 2.53. The minimum absolute atomic E-state index is 0.697. The van der Waals surface area contributed by atoms with Crippen LogP contribution in [0.1, 0.15) is 11.3 Å². The topological polar surface area (TPSA) is 15.3 Å². The summed E-state index contributed by atoms with van der Waals surface area (Å²) < 4.78 is 0.888. The Morgan fingerprint density at radius 1 is 1.53 bits per heavy atom. The van der Waals surface area contributed by atoms with Gasteiger partial charge in [0.1, 0.15) is 0 Å². The van der Waals surface area contributed by atoms with Crippen LogP contribution in [0.2, 0.25) is 4.34 Å². The Morgan fingerprint density at radius 3 is 3.06 bits per heavy atom. The Morgan fingerprint density at radius 2 is 2.41 bits per heavy atom. The van der Waals surface area contributed by atoms with Crippen LogP contribution in [0.25, 0.3) is 0 Å². The molecular formula is C12H19ClN2S2. The van der Waals surface area contributed by atoms with Crippen LogP contribution in [-0.4, -0.2) is 42.6 Å². The van der Waals surface area contributed by atoms with E-state index in [1.807, 2.05) is 6.07 Å². The molecule has 0 aromatic carbocycles. The average Bonchev–Trinajstić information content (AvgIpc) is 2.73. The predicted octanol–water partition coefficient (Wildman–Crippen LogP) is 2.93. The minimum atomic E-state index is 0.697. The molecule has 1 aromatic heterocycles. The van der Waals surface area contributed by atoms with Gasteiger partial charge in [-0.15, -0.1) is 11.3 Å². The number of hydrogen-bond acceptors (Lipinski definition) is 4. The van der Waals surface area contributed by atoms with Crippen LogP contribution in [0.4, 0.5) is 0 Å². The number of hydrogen-bond donors (Lipinski definition) is 1. The molecule has 1 aliphatic rings. The van der Waals surface area contributed by atoms with Gasteiger partial charge in [0, 0.05) is 35.5 Å². The zero-order chi connectivity index (χ0) is 12.1. The molecule has 96 valence electrons. The maximum atomic E-state index is 5.93. The highest BCUT2D eigenvalue weighted by Crippen LogP contribution is 2.22. The Hall–Kier alpha value is 0.260. The molecule has 0 radical (unpaired) electrons. The number of thiophene rings is 1. The van der Waals surface area contributed by atoms with E-state index in [9.17, 15) is 0 Å². The lowest BCUT2D eigenvalue weighted by Crippen LogP contribution is -2.39. The summed E-state index contributed by atoms with van der Waals surface area (Å²) in [6, 6.07) is 4.80. The first kappa shape index (κ1) is 13.7. The van der Waals surface area contributed by atoms with Crippen LogP contribution in [0.15, 0.2) is 12.1 Å². The molecule has 0 aliphatic carbocycles. The van der Waals surface area contributed by atoms with E-state index < -0.39 is 0 Å². The molecule has 1 fully saturated rings. The van der Waals surface area contributed by atoms with E-state index in [0.29, 0.717) is 6.04 Å². The van der Waals surface area contributed by atoms with Crippen molar-refractivity contribution in [1.82, 2.24) is 10.2 Å². The monoisotopic (exact) mass is 290 g/mol. The summed E-state index contributed by atoms with van der Waals surface area (Å²) in [5, 5.41) is 3.58. The SMILES string of the molecule is CN(CCC1CSCCN1)Cc1ccc(Cl)s1. The molecule has 17 heavy (non-hydrogen) atoms. The number of nitrogens with one attached hydrogen (secondary N) is 1. The molecule has 1 saturated heterocycles. The van der Waals surface area contributed by atoms with Gasteiger partial charge >= 0.3 is 0 Å². The highest BCUT2D eigenvalue weighted by molar-refractivity contribution is 7.99. The highest BCUT2D eigenvalue weighted by atomic mass is 35.5. The lowest BCUT2D eigenvalue weighted by molar-refractivity contribution is 0.307. The molecule has 0 saturated carbocycles. The Kier molecular flexibility index (Phi) is 5.63. The van der Waals surface area contributed by atoms with Gasteiger partial charge in [0.2, 0.25) is 0 Å². The van der Waals surface area contributed by atoms with Gasteiger partial charge in [0.05, 0.1) is 4.34 Å². The first-order valence-corrected chi connectivity index (χ1v) is 8.33. The number of nitrogens with zero attached hydrogens (tertiary/aromatic N) is 1. The Labute approximate surface area is 117 Å². The fourth-order valence-corrected chi connectivity index (χ4v) is 4.13. The van der Waals surface area contributed by atoms with Crippen molar-refractivity contribution in [2.45, 2.75) is 19.0 Å². The third-order valence-electron chi connectivity index (χ3n) is 2.91. The molecule has 5 heteroatoms. The fraction of sp³-hybridized carbons (Fsp3) is 0.667. The van der Waals surface area contributed by atoms with Crippen molar-refractivity contribution in [2.24, 2.45) is 0 Å². The van der Waals surface area contributed by atoms with Crippen LogP contribution < -0.4 is 5.32 Å². The lowest BCUT2D eigenvalue weighted by Gasteiger charge is -2.25. The first-order chi connectivity index (χ1) is 8.24. The Balaban J connectivity index is 1.68. The molecule has 2 nitrogen and oxygen atoms in total. The summed E-state index contributed by atoms with van der Waals surface area (Å²) in [4.78, 5) is 3.73. The van der Waals surface area contributed by atoms with Crippen molar-refractivity contribution in [3.8, 4) is 0 Å². The molecule has 0 amide bonds. The third kappa shape index (κ3) is 4.79. The summed E-state index contributed by atoms with van der Waals surface area (Å²) in [6.45, 7) is 3.32. The number of thioether (sulfide) groups is 1. The van der Waals surface area contributed by atoms with Gasteiger partial charge in [-0.25, -0.2) is 0 Å². The van der Waals surface area contributed by atoms with E-state index in [2.05, 4.69) is 35.1 Å². The van der Waals surface area contributed by atoms with E-state index in [0.717, 1.165) is 17.4 Å². The third-order valence-corrected chi connectivity index (χ3v) is 5.26. The van der Waals surface area contributed by atoms with Gasteiger partial charge in [-0.1, -0.05) is 11.6 Å². The van der Waals surface area contributed by atoms with Gasteiger partial charge < -0.3 is 10.2 Å². The van der Waals surface area contributed by atoms with Gasteiger partial charge in [0.25, 0.3) is 0 Å². The molecule has 2 rings (SSSR count). The van der Waals surface area contributed by atoms with Crippen molar-refractivity contribution in [1.29, 1.82) is 0 Å². The molecular weight excluding hydrogens is 272 g/mol. The zero-order valence-corrected chi connectivity index (χ0v) is 12.5. The molecule has 1 aromatic rings. The van der Waals surface area contributed by atoms with E-state index in [-0.39, 0.29) is 0 Å². The molecule has 1 aliphatic heterocycles. The van der Waals surface area contributed by atoms with Gasteiger partial charge in [-0.05, 0) is 32.1 Å². The molecule has 2 heterocycles. The lowest BCUT2D eigenvalue weighted by atomic mass is 10.2. The predicted molar refractivity (Wildman–Crippen MR) is 79.4 cm³/mol. The van der Waals surface area contributed by atoms with Crippen molar-refractivity contribution in [3.63, 3.8) is 0 Å². The summed E-state index contributed by atoms with van der Waals surface area (Å²) >= 11 is 9.68. The fourth-order valence-electron chi connectivity index (χ4n) is 1.96. The van der Waals surface area contributed by atoms with Gasteiger partial charge in [-0.3, -0.25) is 0 Å². The second kappa shape index (κ2) is 7.00. The summed E-state index contributed by atoms with van der Waals surface area (Å²) in [5.41, 5.74) is 0. The number of halogens is 1. The average molecular weight is 291 g/mol. The summed E-state index contributed by atoms with van der Waals surface area (Å²) in [6.07, 6.45) is 1.24. The summed E-state index contributed by atoms with van der Waals surface area (Å²) in [7, 11) is 2.18. The van der Waals surface area contributed by atoms with Crippen LogP contribution in [-0.2, 0) is 6.54 Å². The molecule has 0 bridgehead atoms. The van der Waals surface area contributed by atoms with Crippen molar-refractivity contribution in [3.05, 3.63) is 21.3 Å². The first-order valence-electron chi connectivity index (χ1n) is 5.98. The normalized spacial score (nSPS) is 21.0. The van der Waals surface area contributed by atoms with Gasteiger partial charge in [-0.2, -0.15) is 11.8 Å². The van der Waals surface area contributed by atoms with E-state index in [4.69, 9.17) is 11.6 Å². The molecule has 1 atom stereocenters. The zero-order valence-electron chi connectivity index (χ0n) is 10.1. The Bertz CT molecular complexity index is 337. The van der Waals surface area contributed by atoms with Crippen molar-refractivity contribution in [2.75, 3.05) is 31.6 Å².